The molecular weight excluding hydrogens is 516 g/mol. The quantitative estimate of drug-likeness (QED) is 0.163. The maximum absolute atomic E-state index is 13.7. The Kier molecular flexibility index (Phi) is 6.95. The summed E-state index contributed by atoms with van der Waals surface area (Å²) < 4.78 is 15.4. The van der Waals surface area contributed by atoms with Gasteiger partial charge in [0, 0.05) is 41.7 Å². The number of nitro groups is 1. The molecule has 1 N–H and O–H groups in total. The fourth-order valence-corrected chi connectivity index (χ4v) is 4.60. The number of esters is 1. The van der Waals surface area contributed by atoms with Crippen molar-refractivity contribution in [1.82, 2.24) is 9.55 Å². The highest BCUT2D eigenvalue weighted by Crippen LogP contribution is 2.32. The number of carbonyl (C=O) groups is 1. The lowest BCUT2D eigenvalue weighted by Gasteiger charge is -2.24. The minimum absolute atomic E-state index is 0.00390. The van der Waals surface area contributed by atoms with Crippen molar-refractivity contribution in [2.45, 2.75) is 19.9 Å². The third-order valence-corrected chi connectivity index (χ3v) is 6.57. The van der Waals surface area contributed by atoms with Crippen LogP contribution in [0.25, 0.3) is 17.3 Å². The molecule has 1 aliphatic rings. The van der Waals surface area contributed by atoms with E-state index in [0.717, 1.165) is 11.3 Å². The van der Waals surface area contributed by atoms with E-state index in [0.29, 0.717) is 22.6 Å². The van der Waals surface area contributed by atoms with Crippen LogP contribution in [0.1, 0.15) is 31.1 Å². The predicted octanol–water partition coefficient (Wildman–Crippen LogP) is 3.76. The van der Waals surface area contributed by atoms with Crippen LogP contribution in [0.2, 0.25) is 0 Å². The molecule has 4 aromatic rings. The largest absolute Gasteiger partial charge is 0.576 e. The molecule has 0 saturated carbocycles. The molecule has 3 heterocycles. The number of fused-ring (bicyclic) bond motifs is 1. The third kappa shape index (κ3) is 4.84. The van der Waals surface area contributed by atoms with Crippen molar-refractivity contribution in [3.8, 4) is 17.0 Å². The third-order valence-electron chi connectivity index (χ3n) is 6.57. The minimum Gasteiger partial charge on any atom is -0.576 e. The number of nitrogens with one attached hydrogen (secondary N) is 1. The van der Waals surface area contributed by atoms with E-state index in [-0.39, 0.29) is 29.0 Å². The van der Waals surface area contributed by atoms with Crippen molar-refractivity contribution < 1.29 is 23.2 Å². The molecule has 0 aliphatic carbocycles. The standard InChI is InChI=1S/C29H26N4O7/c1-5-38-28(35)25-17(2)30-29-32(26(25)19-8-13-22(14-9-19)40(3)4)27(34)24(39-29)16-20-10-15-23(31-20)18-6-11-21(12-7-18)33(36)37/h6-16,26H,5H2,1-4H3/p+1. The van der Waals surface area contributed by atoms with Crippen LogP contribution in [0, 0.1) is 10.1 Å². The Balaban J connectivity index is 1.59. The van der Waals surface area contributed by atoms with Crippen LogP contribution in [0.3, 0.4) is 0 Å². The summed E-state index contributed by atoms with van der Waals surface area (Å²) >= 11 is 0. The highest BCUT2D eigenvalue weighted by molar-refractivity contribution is 5.91. The van der Waals surface area contributed by atoms with Gasteiger partial charge in [-0.15, -0.1) is 0 Å². The molecule has 1 aliphatic heterocycles. The van der Waals surface area contributed by atoms with Gasteiger partial charge in [0.05, 0.1) is 22.8 Å². The molecule has 0 radical (unpaired) electrons. The highest BCUT2D eigenvalue weighted by atomic mass is 16.7. The van der Waals surface area contributed by atoms with E-state index in [1.807, 2.05) is 38.5 Å². The average molecular weight is 544 g/mol. The molecule has 0 saturated heterocycles. The van der Waals surface area contributed by atoms with Gasteiger partial charge < -0.3 is 18.5 Å². The van der Waals surface area contributed by atoms with Gasteiger partial charge in [-0.2, -0.15) is 0 Å². The lowest BCUT2D eigenvalue weighted by Crippen LogP contribution is -2.40. The Morgan fingerprint density at radius 3 is 2.48 bits per heavy atom. The van der Waals surface area contributed by atoms with Gasteiger partial charge in [0.15, 0.2) is 19.6 Å². The van der Waals surface area contributed by atoms with Crippen molar-refractivity contribution in [3.05, 3.63) is 115 Å². The summed E-state index contributed by atoms with van der Waals surface area (Å²) in [5, 5.41) is 10.9. The number of H-pyrrole nitrogens is 1. The molecule has 1 unspecified atom stereocenters. The molecule has 0 spiro atoms. The SMILES string of the molecule is CCOC(=O)C1=C(C)N=c2o/c(=C\c3ccc(-c4ccc([N+](=O)[O-])cc4)[nH]3)c(=O)n2C1c1ccc([O+](C)C)cc1. The Bertz CT molecular complexity index is 1810. The van der Waals surface area contributed by atoms with Crippen LogP contribution in [-0.4, -0.2) is 41.3 Å². The van der Waals surface area contributed by atoms with Crippen molar-refractivity contribution in [1.29, 1.82) is 0 Å². The second-order valence-corrected chi connectivity index (χ2v) is 9.32. The zero-order valence-corrected chi connectivity index (χ0v) is 22.3. The molecule has 0 fully saturated rings. The maximum Gasteiger partial charge on any atom is 0.338 e. The van der Waals surface area contributed by atoms with Gasteiger partial charge in [0.1, 0.15) is 6.04 Å². The molecule has 40 heavy (non-hydrogen) atoms. The summed E-state index contributed by atoms with van der Waals surface area (Å²) in [6.07, 6.45) is 1.56. The zero-order chi connectivity index (χ0) is 28.6. The fraction of sp³-hybridized carbons (Fsp3) is 0.207. The second-order valence-electron chi connectivity index (χ2n) is 9.32. The number of aromatic nitrogens is 2. The normalized spacial score (nSPS) is 15.0. The van der Waals surface area contributed by atoms with E-state index in [4.69, 9.17) is 9.15 Å². The number of allylic oxidation sites excluding steroid dienone is 1. The maximum atomic E-state index is 13.7. The molecule has 11 nitrogen and oxygen atoms in total. The number of oxazole rings is 1. The molecule has 11 heteroatoms. The summed E-state index contributed by atoms with van der Waals surface area (Å²) in [5.74, 6) is 0.327. The van der Waals surface area contributed by atoms with E-state index < -0.39 is 22.5 Å². The predicted molar refractivity (Wildman–Crippen MR) is 146 cm³/mol. The molecule has 0 bridgehead atoms. The van der Waals surface area contributed by atoms with Gasteiger partial charge in [-0.25, -0.2) is 14.4 Å². The van der Waals surface area contributed by atoms with Crippen LogP contribution in [0.4, 0.5) is 5.69 Å². The first-order valence-corrected chi connectivity index (χ1v) is 12.5. The van der Waals surface area contributed by atoms with E-state index in [1.165, 1.54) is 16.7 Å². The van der Waals surface area contributed by atoms with E-state index in [9.17, 15) is 19.7 Å². The smallest absolute Gasteiger partial charge is 0.338 e. The van der Waals surface area contributed by atoms with Crippen molar-refractivity contribution in [3.63, 3.8) is 0 Å². The Morgan fingerprint density at radius 2 is 1.85 bits per heavy atom. The molecule has 1 atom stereocenters. The Labute approximate surface area is 228 Å². The van der Waals surface area contributed by atoms with Crippen LogP contribution in [0.5, 0.6) is 5.75 Å². The number of ether oxygens (including phenoxy) is 1. The molecular formula is C29H27N4O7+. The highest BCUT2D eigenvalue weighted by Gasteiger charge is 2.34. The number of hydrogen-bond acceptors (Lipinski definition) is 7. The van der Waals surface area contributed by atoms with E-state index in [2.05, 4.69) is 14.3 Å². The average Bonchev–Trinajstić information content (AvgIpc) is 3.52. The first-order valence-electron chi connectivity index (χ1n) is 12.5. The first-order chi connectivity index (χ1) is 19.2. The van der Waals surface area contributed by atoms with Gasteiger partial charge in [-0.05, 0) is 61.4 Å². The molecule has 2 aromatic heterocycles. The van der Waals surface area contributed by atoms with Crippen molar-refractivity contribution in [2.24, 2.45) is 4.99 Å². The van der Waals surface area contributed by atoms with Crippen LogP contribution in [-0.2, 0) is 13.9 Å². The van der Waals surface area contributed by atoms with Gasteiger partial charge in [-0.3, -0.25) is 14.9 Å². The summed E-state index contributed by atoms with van der Waals surface area (Å²) in [5.41, 5.74) is 3.01. The van der Waals surface area contributed by atoms with E-state index >= 15 is 0 Å². The van der Waals surface area contributed by atoms with E-state index in [1.54, 1.807) is 44.2 Å². The van der Waals surface area contributed by atoms with Gasteiger partial charge in [-0.1, -0.05) is 0 Å². The lowest BCUT2D eigenvalue weighted by atomic mass is 9.96. The fourth-order valence-electron chi connectivity index (χ4n) is 4.60. The zero-order valence-electron chi connectivity index (χ0n) is 22.3. The molecule has 5 rings (SSSR count). The number of hydrogen-bond donors (Lipinski definition) is 1. The van der Waals surface area contributed by atoms with Crippen LogP contribution >= 0.6 is 0 Å². The van der Waals surface area contributed by atoms with Crippen LogP contribution < -0.4 is 16.7 Å². The van der Waals surface area contributed by atoms with Gasteiger partial charge in [0.25, 0.3) is 17.0 Å². The number of nitrogens with zero attached hydrogens (tertiary/aromatic N) is 3. The number of rotatable bonds is 7. The molecule has 204 valence electrons. The number of benzene rings is 2. The number of non-ortho nitro benzene ring substituents is 1. The van der Waals surface area contributed by atoms with Gasteiger partial charge in [0.2, 0.25) is 0 Å². The monoisotopic (exact) mass is 543 g/mol. The second kappa shape index (κ2) is 10.5. The first kappa shape index (κ1) is 26.4. The van der Waals surface area contributed by atoms with Gasteiger partial charge >= 0.3 is 11.7 Å². The Hall–Kier alpha value is -5.19. The molecule has 2 aromatic carbocycles. The number of nitro benzene ring substituents is 1. The summed E-state index contributed by atoms with van der Waals surface area (Å²) in [7, 11) is 3.69. The topological polar surface area (TPSA) is 135 Å². The summed E-state index contributed by atoms with van der Waals surface area (Å²) in [6, 6.07) is 16.3. The van der Waals surface area contributed by atoms with Crippen molar-refractivity contribution >= 4 is 17.7 Å². The van der Waals surface area contributed by atoms with Crippen LogP contribution in [0.15, 0.2) is 86.1 Å². The Morgan fingerprint density at radius 1 is 1.15 bits per heavy atom. The molecule has 0 amide bonds. The van der Waals surface area contributed by atoms with Crippen molar-refractivity contribution in [2.75, 3.05) is 20.8 Å². The number of carbonyl (C=O) groups excluding carboxylic acids is 1. The number of aromatic amines is 1. The summed E-state index contributed by atoms with van der Waals surface area (Å²) in [4.78, 5) is 44.8. The lowest BCUT2D eigenvalue weighted by molar-refractivity contribution is -0.384. The minimum atomic E-state index is -0.800. The summed E-state index contributed by atoms with van der Waals surface area (Å²) in [6.45, 7) is 3.58.